The first kappa shape index (κ1) is 14.9. The summed E-state index contributed by atoms with van der Waals surface area (Å²) in [6.45, 7) is 4.65. The van der Waals surface area contributed by atoms with Crippen LogP contribution in [0.3, 0.4) is 0 Å². The van der Waals surface area contributed by atoms with E-state index in [-0.39, 0.29) is 0 Å². The molecule has 0 aromatic carbocycles. The number of hydrogen-bond acceptors (Lipinski definition) is 2. The van der Waals surface area contributed by atoms with Gasteiger partial charge in [0.25, 0.3) is 0 Å². The summed E-state index contributed by atoms with van der Waals surface area (Å²) in [6.07, 6.45) is 12.1. The average molecular weight is 256 g/mol. The fourth-order valence-corrected chi connectivity index (χ4v) is 2.95. The van der Waals surface area contributed by atoms with E-state index in [0.717, 1.165) is 0 Å². The molecule has 1 fully saturated rings. The summed E-state index contributed by atoms with van der Waals surface area (Å²) in [5, 5.41) is 0. The molecule has 2 N–H and O–H groups in total. The molecule has 0 bridgehead atoms. The van der Waals surface area contributed by atoms with E-state index in [1.807, 2.05) is 0 Å². The number of likely N-dealkylation sites (tertiary alicyclic amines) is 1. The fourth-order valence-electron chi connectivity index (χ4n) is 2.69. The first-order chi connectivity index (χ1) is 8.25. The Hall–Kier alpha value is -0.150. The van der Waals surface area contributed by atoms with Gasteiger partial charge in [-0.1, -0.05) is 57.7 Å². The highest BCUT2D eigenvalue weighted by atomic mass is 32.1. The third kappa shape index (κ3) is 5.82. The van der Waals surface area contributed by atoms with Gasteiger partial charge in [-0.2, -0.15) is 0 Å². The van der Waals surface area contributed by atoms with E-state index in [1.165, 1.54) is 70.9 Å². The standard InChI is InChI=1S/C14H28N2S/c1-2-3-4-5-6-7-8-11-16-12-9-10-13(16)14(15)17/h13H,2-12H2,1H3,(H2,15,17). The van der Waals surface area contributed by atoms with Crippen LogP contribution in [0.2, 0.25) is 0 Å². The molecule has 1 atom stereocenters. The van der Waals surface area contributed by atoms with Gasteiger partial charge in [0.05, 0.1) is 11.0 Å². The van der Waals surface area contributed by atoms with Crippen molar-refractivity contribution in [2.45, 2.75) is 70.8 Å². The van der Waals surface area contributed by atoms with Gasteiger partial charge in [-0.15, -0.1) is 0 Å². The van der Waals surface area contributed by atoms with Crippen molar-refractivity contribution in [2.24, 2.45) is 5.73 Å². The van der Waals surface area contributed by atoms with E-state index in [9.17, 15) is 0 Å². The Labute approximate surface area is 112 Å². The molecule has 1 aliphatic heterocycles. The Bertz CT molecular complexity index is 218. The number of nitrogens with zero attached hydrogens (tertiary/aromatic N) is 1. The van der Waals surface area contributed by atoms with Gasteiger partial charge < -0.3 is 5.73 Å². The lowest BCUT2D eigenvalue weighted by Crippen LogP contribution is -2.39. The Morgan fingerprint density at radius 3 is 2.47 bits per heavy atom. The van der Waals surface area contributed by atoms with E-state index < -0.39 is 0 Å². The predicted octanol–water partition coefficient (Wildman–Crippen LogP) is 3.49. The normalized spacial score (nSPS) is 20.9. The second kappa shape index (κ2) is 8.87. The van der Waals surface area contributed by atoms with Gasteiger partial charge in [0, 0.05) is 0 Å². The summed E-state index contributed by atoms with van der Waals surface area (Å²) in [7, 11) is 0. The minimum absolute atomic E-state index is 0.394. The molecular formula is C14H28N2S. The summed E-state index contributed by atoms with van der Waals surface area (Å²) in [6, 6.07) is 0.394. The lowest BCUT2D eigenvalue weighted by molar-refractivity contribution is 0.294. The van der Waals surface area contributed by atoms with Crippen LogP contribution in [0.25, 0.3) is 0 Å². The number of rotatable bonds is 9. The van der Waals surface area contributed by atoms with Crippen molar-refractivity contribution < 1.29 is 0 Å². The second-order valence-corrected chi connectivity index (χ2v) is 5.69. The first-order valence-electron chi connectivity index (χ1n) is 7.29. The molecule has 1 saturated heterocycles. The number of hydrogen-bond donors (Lipinski definition) is 1. The monoisotopic (exact) mass is 256 g/mol. The van der Waals surface area contributed by atoms with Gasteiger partial charge in [-0.05, 0) is 32.4 Å². The topological polar surface area (TPSA) is 29.3 Å². The number of nitrogens with two attached hydrogens (primary N) is 1. The summed E-state index contributed by atoms with van der Waals surface area (Å²) < 4.78 is 0. The van der Waals surface area contributed by atoms with Crippen LogP contribution in [0, 0.1) is 0 Å². The Balaban J connectivity index is 2.00. The lowest BCUT2D eigenvalue weighted by Gasteiger charge is -2.23. The number of thiocarbonyl (C=S) groups is 1. The van der Waals surface area contributed by atoms with Crippen LogP contribution in [-0.4, -0.2) is 29.0 Å². The maximum absolute atomic E-state index is 5.76. The van der Waals surface area contributed by atoms with Gasteiger partial charge >= 0.3 is 0 Å². The van der Waals surface area contributed by atoms with E-state index >= 15 is 0 Å². The van der Waals surface area contributed by atoms with Crippen LogP contribution in [0.5, 0.6) is 0 Å². The quantitative estimate of drug-likeness (QED) is 0.506. The van der Waals surface area contributed by atoms with Gasteiger partial charge in [-0.25, -0.2) is 0 Å². The molecule has 1 aliphatic rings. The van der Waals surface area contributed by atoms with Crippen LogP contribution < -0.4 is 5.73 Å². The lowest BCUT2D eigenvalue weighted by atomic mass is 10.1. The molecule has 0 saturated carbocycles. The zero-order chi connectivity index (χ0) is 12.5. The molecule has 0 aromatic heterocycles. The summed E-state index contributed by atoms with van der Waals surface area (Å²) in [4.78, 5) is 3.18. The highest BCUT2D eigenvalue weighted by Gasteiger charge is 2.25. The summed E-state index contributed by atoms with van der Waals surface area (Å²) in [5.74, 6) is 0. The van der Waals surface area contributed by atoms with Crippen molar-refractivity contribution in [3.8, 4) is 0 Å². The Morgan fingerprint density at radius 2 is 1.82 bits per heavy atom. The van der Waals surface area contributed by atoms with Crippen molar-refractivity contribution in [3.05, 3.63) is 0 Å². The SMILES string of the molecule is CCCCCCCCCN1CCCC1C(N)=S. The predicted molar refractivity (Wildman–Crippen MR) is 79.4 cm³/mol. The van der Waals surface area contributed by atoms with Crippen LogP contribution in [0.4, 0.5) is 0 Å². The van der Waals surface area contributed by atoms with Crippen molar-refractivity contribution in [2.75, 3.05) is 13.1 Å². The highest BCUT2D eigenvalue weighted by Crippen LogP contribution is 2.18. The maximum Gasteiger partial charge on any atom is 0.0902 e. The second-order valence-electron chi connectivity index (χ2n) is 5.22. The average Bonchev–Trinajstić information content (AvgIpc) is 2.76. The molecule has 1 heterocycles. The molecule has 1 rings (SSSR count). The smallest absolute Gasteiger partial charge is 0.0902 e. The van der Waals surface area contributed by atoms with Gasteiger partial charge in [0.1, 0.15) is 0 Å². The van der Waals surface area contributed by atoms with Crippen LogP contribution in [0.15, 0.2) is 0 Å². The van der Waals surface area contributed by atoms with Gasteiger partial charge in [0.15, 0.2) is 0 Å². The minimum Gasteiger partial charge on any atom is -0.392 e. The molecule has 0 aliphatic carbocycles. The van der Waals surface area contributed by atoms with Crippen molar-refractivity contribution >= 4 is 17.2 Å². The third-order valence-electron chi connectivity index (χ3n) is 3.74. The molecule has 0 aromatic rings. The molecule has 0 amide bonds. The molecule has 3 heteroatoms. The Kier molecular flexibility index (Phi) is 7.78. The molecule has 0 radical (unpaired) electrons. The van der Waals surface area contributed by atoms with Crippen LogP contribution in [0.1, 0.15) is 64.7 Å². The Morgan fingerprint density at radius 1 is 1.18 bits per heavy atom. The largest absolute Gasteiger partial charge is 0.392 e. The molecule has 100 valence electrons. The summed E-state index contributed by atoms with van der Waals surface area (Å²) >= 11 is 5.12. The molecule has 0 spiro atoms. The van der Waals surface area contributed by atoms with Gasteiger partial charge in [0.2, 0.25) is 0 Å². The van der Waals surface area contributed by atoms with Crippen molar-refractivity contribution in [1.82, 2.24) is 4.90 Å². The first-order valence-corrected chi connectivity index (χ1v) is 7.70. The molecular weight excluding hydrogens is 228 g/mol. The highest BCUT2D eigenvalue weighted by molar-refractivity contribution is 7.80. The van der Waals surface area contributed by atoms with Gasteiger partial charge in [-0.3, -0.25) is 4.90 Å². The van der Waals surface area contributed by atoms with Crippen LogP contribution >= 0.6 is 12.2 Å². The third-order valence-corrected chi connectivity index (χ3v) is 4.01. The van der Waals surface area contributed by atoms with E-state index in [4.69, 9.17) is 18.0 Å². The molecule has 1 unspecified atom stereocenters. The molecule has 17 heavy (non-hydrogen) atoms. The van der Waals surface area contributed by atoms with Crippen LogP contribution in [-0.2, 0) is 0 Å². The van der Waals surface area contributed by atoms with Crippen molar-refractivity contribution in [3.63, 3.8) is 0 Å². The zero-order valence-electron chi connectivity index (χ0n) is 11.3. The zero-order valence-corrected chi connectivity index (χ0v) is 12.1. The van der Waals surface area contributed by atoms with E-state index in [0.29, 0.717) is 11.0 Å². The van der Waals surface area contributed by atoms with E-state index in [2.05, 4.69) is 11.8 Å². The minimum atomic E-state index is 0.394. The number of unbranched alkanes of at least 4 members (excludes halogenated alkanes) is 6. The fraction of sp³-hybridized carbons (Fsp3) is 0.929. The molecule has 2 nitrogen and oxygen atoms in total. The van der Waals surface area contributed by atoms with E-state index in [1.54, 1.807) is 0 Å². The summed E-state index contributed by atoms with van der Waals surface area (Å²) in [5.41, 5.74) is 5.76. The maximum atomic E-state index is 5.76. The van der Waals surface area contributed by atoms with Crippen molar-refractivity contribution in [1.29, 1.82) is 0 Å².